The Morgan fingerprint density at radius 1 is 1.44 bits per heavy atom. The average Bonchev–Trinajstić information content (AvgIpc) is 2.29. The molecular formula is C14H21FN2O. The van der Waals surface area contributed by atoms with Gasteiger partial charge in [0.2, 0.25) is 5.91 Å². The van der Waals surface area contributed by atoms with Crippen LogP contribution < -0.4 is 11.1 Å². The summed E-state index contributed by atoms with van der Waals surface area (Å²) in [5.74, 6) is -0.382. The molecule has 3 nitrogen and oxygen atoms in total. The minimum atomic E-state index is -0.924. The Hall–Kier alpha value is -1.42. The van der Waals surface area contributed by atoms with Gasteiger partial charge in [-0.05, 0) is 31.0 Å². The van der Waals surface area contributed by atoms with Gasteiger partial charge < -0.3 is 11.1 Å². The van der Waals surface area contributed by atoms with E-state index in [2.05, 4.69) is 5.32 Å². The molecule has 0 saturated heterocycles. The maximum atomic E-state index is 13.6. The minimum absolute atomic E-state index is 0.252. The van der Waals surface area contributed by atoms with Gasteiger partial charge in [-0.25, -0.2) is 4.39 Å². The summed E-state index contributed by atoms with van der Waals surface area (Å²) in [5, 5.41) is 3.13. The Labute approximate surface area is 108 Å². The lowest BCUT2D eigenvalue weighted by Crippen LogP contribution is -2.55. The van der Waals surface area contributed by atoms with Gasteiger partial charge in [0.25, 0.3) is 0 Å². The lowest BCUT2D eigenvalue weighted by atomic mass is 9.91. The highest BCUT2D eigenvalue weighted by Gasteiger charge is 2.31. The number of hydrogen-bond donors (Lipinski definition) is 2. The van der Waals surface area contributed by atoms with Crippen LogP contribution >= 0.6 is 0 Å². The SMILES string of the molecule is CC(C)CNC(C)(Cc1ccccc1F)C(N)=O. The van der Waals surface area contributed by atoms with E-state index in [1.165, 1.54) is 6.07 Å². The molecule has 1 atom stereocenters. The van der Waals surface area contributed by atoms with Crippen LogP contribution in [0.3, 0.4) is 0 Å². The first-order valence-electron chi connectivity index (χ1n) is 6.13. The van der Waals surface area contributed by atoms with Gasteiger partial charge >= 0.3 is 0 Å². The van der Waals surface area contributed by atoms with Crippen molar-refractivity contribution in [2.45, 2.75) is 32.7 Å². The first-order valence-corrected chi connectivity index (χ1v) is 6.13. The second kappa shape index (κ2) is 5.96. The van der Waals surface area contributed by atoms with Crippen molar-refractivity contribution in [1.29, 1.82) is 0 Å². The average molecular weight is 252 g/mol. The number of carbonyl (C=O) groups excluding carboxylic acids is 1. The number of carbonyl (C=O) groups is 1. The second-order valence-corrected chi connectivity index (χ2v) is 5.24. The van der Waals surface area contributed by atoms with Crippen LogP contribution in [-0.2, 0) is 11.2 Å². The monoisotopic (exact) mass is 252 g/mol. The van der Waals surface area contributed by atoms with Gasteiger partial charge in [0.1, 0.15) is 5.82 Å². The third-order valence-electron chi connectivity index (χ3n) is 2.95. The molecule has 0 fully saturated rings. The fourth-order valence-corrected chi connectivity index (χ4v) is 1.69. The fourth-order valence-electron chi connectivity index (χ4n) is 1.69. The molecule has 1 aromatic carbocycles. The van der Waals surface area contributed by atoms with Crippen LogP contribution in [0.2, 0.25) is 0 Å². The largest absolute Gasteiger partial charge is 0.368 e. The molecule has 18 heavy (non-hydrogen) atoms. The summed E-state index contributed by atoms with van der Waals surface area (Å²) in [6.07, 6.45) is 0.252. The van der Waals surface area contributed by atoms with E-state index in [0.717, 1.165) is 0 Å². The molecule has 0 radical (unpaired) electrons. The number of primary amides is 1. The van der Waals surface area contributed by atoms with Crippen molar-refractivity contribution in [1.82, 2.24) is 5.32 Å². The molecule has 1 unspecified atom stereocenters. The van der Waals surface area contributed by atoms with E-state index >= 15 is 0 Å². The number of hydrogen-bond acceptors (Lipinski definition) is 2. The Morgan fingerprint density at radius 2 is 2.06 bits per heavy atom. The lowest BCUT2D eigenvalue weighted by Gasteiger charge is -2.28. The molecule has 0 aliphatic heterocycles. The van der Waals surface area contributed by atoms with Crippen LogP contribution in [0, 0.1) is 11.7 Å². The van der Waals surface area contributed by atoms with Gasteiger partial charge in [0.05, 0.1) is 5.54 Å². The number of halogens is 1. The number of nitrogens with two attached hydrogens (primary N) is 1. The van der Waals surface area contributed by atoms with E-state index < -0.39 is 11.4 Å². The highest BCUT2D eigenvalue weighted by atomic mass is 19.1. The summed E-state index contributed by atoms with van der Waals surface area (Å²) < 4.78 is 13.6. The van der Waals surface area contributed by atoms with Crippen molar-refractivity contribution in [3.05, 3.63) is 35.6 Å². The van der Waals surface area contributed by atoms with Crippen LogP contribution in [0.15, 0.2) is 24.3 Å². The van der Waals surface area contributed by atoms with Crippen molar-refractivity contribution in [3.8, 4) is 0 Å². The van der Waals surface area contributed by atoms with Gasteiger partial charge in [-0.15, -0.1) is 0 Å². The third-order valence-corrected chi connectivity index (χ3v) is 2.95. The van der Waals surface area contributed by atoms with Gasteiger partial charge in [-0.3, -0.25) is 4.79 Å². The molecule has 0 aromatic heterocycles. The van der Waals surface area contributed by atoms with Crippen molar-refractivity contribution >= 4 is 5.91 Å². The fraction of sp³-hybridized carbons (Fsp3) is 0.500. The minimum Gasteiger partial charge on any atom is -0.368 e. The van der Waals surface area contributed by atoms with Crippen LogP contribution in [0.25, 0.3) is 0 Å². The predicted molar refractivity (Wildman–Crippen MR) is 70.5 cm³/mol. The highest BCUT2D eigenvalue weighted by Crippen LogP contribution is 2.16. The molecule has 0 aliphatic rings. The van der Waals surface area contributed by atoms with Gasteiger partial charge in [-0.1, -0.05) is 32.0 Å². The molecule has 4 heteroatoms. The molecule has 100 valence electrons. The molecule has 1 amide bonds. The maximum absolute atomic E-state index is 13.6. The van der Waals surface area contributed by atoms with Gasteiger partial charge in [0, 0.05) is 6.42 Å². The van der Waals surface area contributed by atoms with E-state index in [1.54, 1.807) is 25.1 Å². The first-order chi connectivity index (χ1) is 8.35. The molecular weight excluding hydrogens is 231 g/mol. The van der Waals surface area contributed by atoms with Gasteiger partial charge in [-0.2, -0.15) is 0 Å². The van der Waals surface area contributed by atoms with E-state index in [4.69, 9.17) is 5.73 Å². The van der Waals surface area contributed by atoms with Crippen LogP contribution in [0.5, 0.6) is 0 Å². The molecule has 0 spiro atoms. The van der Waals surface area contributed by atoms with Crippen molar-refractivity contribution in [3.63, 3.8) is 0 Å². The zero-order chi connectivity index (χ0) is 13.8. The summed E-state index contributed by atoms with van der Waals surface area (Å²) in [6.45, 7) is 6.45. The number of rotatable bonds is 6. The normalized spacial score (nSPS) is 14.5. The molecule has 3 N–H and O–H groups in total. The third kappa shape index (κ3) is 3.81. The van der Waals surface area contributed by atoms with Crippen molar-refractivity contribution < 1.29 is 9.18 Å². The maximum Gasteiger partial charge on any atom is 0.237 e. The number of nitrogens with one attached hydrogen (secondary N) is 1. The molecule has 1 aromatic rings. The summed E-state index contributed by atoms with van der Waals surface area (Å²) in [6, 6.07) is 6.44. The number of benzene rings is 1. The van der Waals surface area contributed by atoms with Crippen molar-refractivity contribution in [2.75, 3.05) is 6.54 Å². The molecule has 0 saturated carbocycles. The molecule has 0 heterocycles. The topological polar surface area (TPSA) is 55.1 Å². The standard InChI is InChI=1S/C14H21FN2O/c1-10(2)9-17-14(3,13(16)18)8-11-6-4-5-7-12(11)15/h4-7,10,17H,8-9H2,1-3H3,(H2,16,18). The summed E-state index contributed by atoms with van der Waals surface area (Å²) in [4.78, 5) is 11.6. The molecule has 0 bridgehead atoms. The summed E-state index contributed by atoms with van der Waals surface area (Å²) >= 11 is 0. The van der Waals surface area contributed by atoms with E-state index in [0.29, 0.717) is 18.0 Å². The van der Waals surface area contributed by atoms with Crippen LogP contribution in [0.4, 0.5) is 4.39 Å². The van der Waals surface area contributed by atoms with E-state index in [-0.39, 0.29) is 12.2 Å². The smallest absolute Gasteiger partial charge is 0.237 e. The first kappa shape index (κ1) is 14.6. The quantitative estimate of drug-likeness (QED) is 0.812. The van der Waals surface area contributed by atoms with Crippen LogP contribution in [-0.4, -0.2) is 18.0 Å². The summed E-state index contributed by atoms with van der Waals surface area (Å²) in [7, 11) is 0. The van der Waals surface area contributed by atoms with E-state index in [9.17, 15) is 9.18 Å². The molecule has 0 aliphatic carbocycles. The van der Waals surface area contributed by atoms with E-state index in [1.807, 2.05) is 13.8 Å². The summed E-state index contributed by atoms with van der Waals surface area (Å²) in [5.41, 5.74) is 5.00. The Kier molecular flexibility index (Phi) is 4.84. The van der Waals surface area contributed by atoms with Crippen LogP contribution in [0.1, 0.15) is 26.3 Å². The van der Waals surface area contributed by atoms with Crippen molar-refractivity contribution in [2.24, 2.45) is 11.7 Å². The lowest BCUT2D eigenvalue weighted by molar-refractivity contribution is -0.123. The second-order valence-electron chi connectivity index (χ2n) is 5.24. The van der Waals surface area contributed by atoms with Gasteiger partial charge in [0.15, 0.2) is 0 Å². The Morgan fingerprint density at radius 3 is 2.56 bits per heavy atom. The predicted octanol–water partition coefficient (Wildman–Crippen LogP) is 1.86. The number of amides is 1. The Bertz CT molecular complexity index is 420. The highest BCUT2D eigenvalue weighted by molar-refractivity contribution is 5.84. The zero-order valence-corrected chi connectivity index (χ0v) is 11.2. The Balaban J connectivity index is 2.86. The zero-order valence-electron chi connectivity index (χ0n) is 11.2. The molecule has 1 rings (SSSR count).